The molecule has 44 heavy (non-hydrogen) atoms. The van der Waals surface area contributed by atoms with Gasteiger partial charge in [-0.15, -0.1) is 11.3 Å². The van der Waals surface area contributed by atoms with E-state index in [0.29, 0.717) is 53.9 Å². The van der Waals surface area contributed by atoms with Gasteiger partial charge in [0.1, 0.15) is 0 Å². The highest BCUT2D eigenvalue weighted by Crippen LogP contribution is 2.50. The zero-order valence-corrected chi connectivity index (χ0v) is 26.6. The van der Waals surface area contributed by atoms with Crippen LogP contribution in [0.2, 0.25) is 0 Å². The fourth-order valence-electron chi connectivity index (χ4n) is 6.09. The molecular weight excluding hydrogens is 580 g/mol. The molecule has 1 unspecified atom stereocenters. The Morgan fingerprint density at radius 2 is 1.82 bits per heavy atom. The van der Waals surface area contributed by atoms with Crippen LogP contribution in [-0.2, 0) is 28.9 Å². The number of aryl methyl sites for hydroxylation is 3. The SMILES string of the molecule is COc1cc2c(c(OC)c1OC)-c1ccc(NCCCCCC(=O)Nc3nc4c(s3)CCC4)c(=O)cc1C(NC(C)=O)CC2. The number of nitrogens with zero attached hydrogens (tertiary/aromatic N) is 1. The Kier molecular flexibility index (Phi) is 10.0. The van der Waals surface area contributed by atoms with Gasteiger partial charge in [0.15, 0.2) is 16.6 Å². The Morgan fingerprint density at radius 3 is 2.55 bits per heavy atom. The van der Waals surface area contributed by atoms with Gasteiger partial charge in [-0.05, 0) is 79.8 Å². The molecule has 1 atom stereocenters. The predicted molar refractivity (Wildman–Crippen MR) is 172 cm³/mol. The summed E-state index contributed by atoms with van der Waals surface area (Å²) in [4.78, 5) is 43.8. The number of thiazole rings is 1. The van der Waals surface area contributed by atoms with Crippen LogP contribution < -0.4 is 35.6 Å². The maximum Gasteiger partial charge on any atom is 0.226 e. The Hall–Kier alpha value is -4.12. The summed E-state index contributed by atoms with van der Waals surface area (Å²) in [7, 11) is 4.72. The highest BCUT2D eigenvalue weighted by atomic mass is 32.1. The first-order chi connectivity index (χ1) is 21.3. The van der Waals surface area contributed by atoms with Crippen molar-refractivity contribution in [1.82, 2.24) is 10.3 Å². The summed E-state index contributed by atoms with van der Waals surface area (Å²) in [6, 6.07) is 6.88. The predicted octanol–water partition coefficient (Wildman–Crippen LogP) is 5.42. The van der Waals surface area contributed by atoms with Crippen LogP contribution in [0.5, 0.6) is 17.2 Å². The van der Waals surface area contributed by atoms with E-state index >= 15 is 0 Å². The molecule has 11 heteroatoms. The molecule has 0 aliphatic heterocycles. The minimum atomic E-state index is -0.360. The molecule has 1 aromatic heterocycles. The molecule has 1 heterocycles. The number of ether oxygens (including phenoxy) is 3. The highest BCUT2D eigenvalue weighted by Gasteiger charge is 2.29. The number of anilines is 2. The van der Waals surface area contributed by atoms with Crippen LogP contribution in [-0.4, -0.2) is 44.7 Å². The summed E-state index contributed by atoms with van der Waals surface area (Å²) < 4.78 is 17.1. The summed E-state index contributed by atoms with van der Waals surface area (Å²) >= 11 is 1.59. The number of benzene rings is 1. The van der Waals surface area contributed by atoms with Gasteiger partial charge < -0.3 is 30.2 Å². The van der Waals surface area contributed by atoms with E-state index in [1.807, 2.05) is 12.1 Å². The molecule has 0 fully saturated rings. The van der Waals surface area contributed by atoms with Crippen LogP contribution in [0.4, 0.5) is 10.8 Å². The normalized spacial score (nSPS) is 14.9. The molecule has 0 saturated carbocycles. The van der Waals surface area contributed by atoms with Gasteiger partial charge in [0.05, 0.1) is 38.8 Å². The van der Waals surface area contributed by atoms with Crippen molar-refractivity contribution in [2.24, 2.45) is 0 Å². The third kappa shape index (κ3) is 6.83. The molecule has 2 aliphatic rings. The van der Waals surface area contributed by atoms with Gasteiger partial charge in [-0.3, -0.25) is 14.4 Å². The van der Waals surface area contributed by atoms with E-state index in [-0.39, 0.29) is 23.3 Å². The molecule has 3 aromatic rings. The molecule has 0 radical (unpaired) electrons. The summed E-state index contributed by atoms with van der Waals surface area (Å²) in [6.45, 7) is 2.07. The molecule has 5 rings (SSSR count). The van der Waals surface area contributed by atoms with Crippen molar-refractivity contribution in [1.29, 1.82) is 0 Å². The lowest BCUT2D eigenvalue weighted by molar-refractivity contribution is -0.119. The van der Waals surface area contributed by atoms with Crippen molar-refractivity contribution in [3.8, 4) is 28.4 Å². The first kappa shape index (κ1) is 31.3. The fourth-order valence-corrected chi connectivity index (χ4v) is 7.16. The molecule has 3 N–H and O–H groups in total. The number of amides is 2. The second kappa shape index (κ2) is 14.1. The van der Waals surface area contributed by atoms with E-state index in [2.05, 4.69) is 20.9 Å². The van der Waals surface area contributed by atoms with Crippen molar-refractivity contribution in [2.45, 2.75) is 70.8 Å². The van der Waals surface area contributed by atoms with Crippen LogP contribution >= 0.6 is 11.3 Å². The number of carbonyl (C=O) groups is 2. The number of fused-ring (bicyclic) bond motifs is 4. The van der Waals surface area contributed by atoms with Gasteiger partial charge in [0.25, 0.3) is 0 Å². The summed E-state index contributed by atoms with van der Waals surface area (Å²) in [6.07, 6.45) is 7.28. The van der Waals surface area contributed by atoms with Gasteiger partial charge in [-0.1, -0.05) is 12.5 Å². The van der Waals surface area contributed by atoms with E-state index in [1.54, 1.807) is 44.8 Å². The Labute approximate surface area is 261 Å². The summed E-state index contributed by atoms with van der Waals surface area (Å²) in [5.74, 6) is 1.35. The molecule has 0 bridgehead atoms. The zero-order valence-electron chi connectivity index (χ0n) is 25.8. The number of carbonyl (C=O) groups excluding carboxylic acids is 2. The Balaban J connectivity index is 1.29. The molecule has 2 amide bonds. The van der Waals surface area contributed by atoms with Crippen molar-refractivity contribution in [2.75, 3.05) is 38.5 Å². The van der Waals surface area contributed by atoms with Gasteiger partial charge in [0, 0.05) is 30.3 Å². The lowest BCUT2D eigenvalue weighted by Crippen LogP contribution is -2.26. The molecular formula is C33H40N4O6S. The van der Waals surface area contributed by atoms with Crippen molar-refractivity contribution in [3.63, 3.8) is 0 Å². The van der Waals surface area contributed by atoms with Crippen molar-refractivity contribution < 1.29 is 23.8 Å². The van der Waals surface area contributed by atoms with Crippen LogP contribution in [0.3, 0.4) is 0 Å². The van der Waals surface area contributed by atoms with Crippen LogP contribution in [0.25, 0.3) is 11.1 Å². The number of hydrogen-bond acceptors (Lipinski definition) is 9. The molecule has 0 saturated heterocycles. The topological polar surface area (TPSA) is 128 Å². The molecule has 10 nitrogen and oxygen atoms in total. The third-order valence-corrected chi connectivity index (χ3v) is 9.23. The van der Waals surface area contributed by atoms with Gasteiger partial charge >= 0.3 is 0 Å². The molecule has 234 valence electrons. The first-order valence-electron chi connectivity index (χ1n) is 15.1. The quantitative estimate of drug-likeness (QED) is 0.229. The second-order valence-corrected chi connectivity index (χ2v) is 12.2. The highest BCUT2D eigenvalue weighted by molar-refractivity contribution is 7.15. The number of methoxy groups -OCH3 is 3. The van der Waals surface area contributed by atoms with Crippen molar-refractivity contribution in [3.05, 3.63) is 56.2 Å². The van der Waals surface area contributed by atoms with Gasteiger partial charge in [-0.2, -0.15) is 0 Å². The van der Waals surface area contributed by atoms with E-state index in [9.17, 15) is 14.4 Å². The van der Waals surface area contributed by atoms with Crippen LogP contribution in [0, 0.1) is 0 Å². The third-order valence-electron chi connectivity index (χ3n) is 8.15. The Bertz CT molecular complexity index is 1580. The van der Waals surface area contributed by atoms with Crippen LogP contribution in [0.1, 0.15) is 73.2 Å². The van der Waals surface area contributed by atoms with Gasteiger partial charge in [-0.25, -0.2) is 4.98 Å². The zero-order chi connectivity index (χ0) is 31.2. The Morgan fingerprint density at radius 1 is 1.00 bits per heavy atom. The monoisotopic (exact) mass is 620 g/mol. The van der Waals surface area contributed by atoms with E-state index in [0.717, 1.165) is 66.5 Å². The second-order valence-electron chi connectivity index (χ2n) is 11.1. The van der Waals surface area contributed by atoms with Crippen molar-refractivity contribution >= 4 is 34.0 Å². The summed E-state index contributed by atoms with van der Waals surface area (Å²) in [5.41, 5.74) is 4.73. The van der Waals surface area contributed by atoms with E-state index < -0.39 is 0 Å². The smallest absolute Gasteiger partial charge is 0.226 e. The number of hydrogen-bond donors (Lipinski definition) is 3. The van der Waals surface area contributed by atoms with Crippen LogP contribution in [0.15, 0.2) is 29.1 Å². The molecule has 2 aromatic carbocycles. The molecule has 2 aliphatic carbocycles. The standard InChI is InChI=1S/C33H40N4O6S/c1-19(38)35-23-14-12-20-17-27(41-2)31(42-3)32(43-4)30(20)21-13-15-24(26(39)18-22(21)23)34-16-7-5-6-11-29(40)37-33-36-25-9-8-10-28(25)44-33/h13,15,17-18,23H,5-12,14,16H2,1-4H3,(H,34,39)(H,35,38)(H,36,37,40). The van der Waals surface area contributed by atoms with Gasteiger partial charge in [0.2, 0.25) is 23.0 Å². The minimum absolute atomic E-state index is 0.0116. The van der Waals surface area contributed by atoms with E-state index in [1.165, 1.54) is 11.8 Å². The lowest BCUT2D eigenvalue weighted by Gasteiger charge is -2.19. The number of unbranched alkanes of at least 4 members (excludes halogenated alkanes) is 2. The largest absolute Gasteiger partial charge is 0.493 e. The average molecular weight is 621 g/mol. The fraction of sp³-hybridized carbons (Fsp3) is 0.455. The summed E-state index contributed by atoms with van der Waals surface area (Å²) in [5, 5.41) is 9.96. The van der Waals surface area contributed by atoms with E-state index in [4.69, 9.17) is 14.2 Å². The number of rotatable bonds is 12. The first-order valence-corrected chi connectivity index (χ1v) is 15.9. The number of nitrogens with one attached hydrogen (secondary N) is 3. The lowest BCUT2D eigenvalue weighted by atomic mass is 9.95. The maximum atomic E-state index is 13.5. The molecule has 0 spiro atoms. The minimum Gasteiger partial charge on any atom is -0.493 e. The number of aromatic nitrogens is 1. The average Bonchev–Trinajstić information content (AvgIpc) is 3.51. The maximum absolute atomic E-state index is 13.5.